The van der Waals surface area contributed by atoms with Crippen LogP contribution in [0.4, 0.5) is 4.39 Å². The molecule has 16 heavy (non-hydrogen) atoms. The Bertz CT molecular complexity index is 399. The van der Waals surface area contributed by atoms with E-state index in [1.54, 1.807) is 6.07 Å². The first-order chi connectivity index (χ1) is 7.36. The standard InChI is InChI=1S/C13H18FNO/c1-9-4-5-11(14)6-10(9)7-12(16)13(2,3)8-15/h4-6H,7-8,15H2,1-3H3. The summed E-state index contributed by atoms with van der Waals surface area (Å²) in [6.07, 6.45) is 0.244. The van der Waals surface area contributed by atoms with Crippen molar-refractivity contribution in [1.29, 1.82) is 0 Å². The van der Waals surface area contributed by atoms with E-state index in [0.29, 0.717) is 6.54 Å². The molecule has 1 rings (SSSR count). The molecular formula is C13H18FNO. The number of rotatable bonds is 4. The van der Waals surface area contributed by atoms with Gasteiger partial charge < -0.3 is 5.73 Å². The van der Waals surface area contributed by atoms with Gasteiger partial charge in [-0.25, -0.2) is 4.39 Å². The van der Waals surface area contributed by atoms with Gasteiger partial charge in [-0.05, 0) is 30.2 Å². The lowest BCUT2D eigenvalue weighted by Crippen LogP contribution is -2.34. The van der Waals surface area contributed by atoms with E-state index < -0.39 is 5.41 Å². The zero-order chi connectivity index (χ0) is 12.3. The molecule has 0 bridgehead atoms. The first-order valence-corrected chi connectivity index (χ1v) is 5.35. The third-order valence-electron chi connectivity index (χ3n) is 2.93. The minimum atomic E-state index is -0.543. The summed E-state index contributed by atoms with van der Waals surface area (Å²) >= 11 is 0. The highest BCUT2D eigenvalue weighted by Crippen LogP contribution is 2.19. The Morgan fingerprint density at radius 2 is 2.06 bits per heavy atom. The van der Waals surface area contributed by atoms with Gasteiger partial charge >= 0.3 is 0 Å². The maximum absolute atomic E-state index is 13.0. The Hall–Kier alpha value is -1.22. The van der Waals surface area contributed by atoms with E-state index in [0.717, 1.165) is 11.1 Å². The summed E-state index contributed by atoms with van der Waals surface area (Å²) in [5.41, 5.74) is 6.67. The molecule has 2 N–H and O–H groups in total. The van der Waals surface area contributed by atoms with E-state index in [9.17, 15) is 9.18 Å². The van der Waals surface area contributed by atoms with Crippen molar-refractivity contribution in [1.82, 2.24) is 0 Å². The summed E-state index contributed by atoms with van der Waals surface area (Å²) in [7, 11) is 0. The van der Waals surface area contributed by atoms with Crippen LogP contribution in [0.3, 0.4) is 0 Å². The Balaban J connectivity index is 2.89. The minimum absolute atomic E-state index is 0.0451. The third kappa shape index (κ3) is 2.89. The molecule has 0 fully saturated rings. The number of hydrogen-bond acceptors (Lipinski definition) is 2. The molecule has 0 aliphatic carbocycles. The number of Topliss-reactive ketones (excluding diaryl/α,β-unsaturated/α-hetero) is 1. The topological polar surface area (TPSA) is 43.1 Å². The number of halogens is 1. The van der Waals surface area contributed by atoms with E-state index in [4.69, 9.17) is 5.73 Å². The van der Waals surface area contributed by atoms with Crippen LogP contribution < -0.4 is 5.73 Å². The lowest BCUT2D eigenvalue weighted by molar-refractivity contribution is -0.125. The second kappa shape index (κ2) is 4.74. The lowest BCUT2D eigenvalue weighted by atomic mass is 9.84. The molecular weight excluding hydrogens is 205 g/mol. The molecule has 0 atom stereocenters. The van der Waals surface area contributed by atoms with Gasteiger partial charge in [0.1, 0.15) is 11.6 Å². The van der Waals surface area contributed by atoms with Crippen molar-refractivity contribution in [3.63, 3.8) is 0 Å². The summed E-state index contributed by atoms with van der Waals surface area (Å²) in [5.74, 6) is -0.261. The van der Waals surface area contributed by atoms with E-state index >= 15 is 0 Å². The summed E-state index contributed by atoms with van der Waals surface area (Å²) < 4.78 is 13.0. The van der Waals surface area contributed by atoms with Crippen LogP contribution in [-0.2, 0) is 11.2 Å². The van der Waals surface area contributed by atoms with Crippen molar-refractivity contribution in [2.45, 2.75) is 27.2 Å². The number of nitrogens with two attached hydrogens (primary N) is 1. The molecule has 0 aliphatic heterocycles. The first kappa shape index (κ1) is 12.8. The largest absolute Gasteiger partial charge is 0.329 e. The van der Waals surface area contributed by atoms with E-state index in [-0.39, 0.29) is 18.0 Å². The summed E-state index contributed by atoms with van der Waals surface area (Å²) in [6.45, 7) is 5.80. The number of carbonyl (C=O) groups is 1. The molecule has 0 saturated carbocycles. The van der Waals surface area contributed by atoms with Crippen LogP contribution in [0.15, 0.2) is 18.2 Å². The molecule has 0 saturated heterocycles. The predicted molar refractivity (Wildman–Crippen MR) is 62.7 cm³/mol. The van der Waals surface area contributed by atoms with Crippen molar-refractivity contribution in [3.05, 3.63) is 35.1 Å². The molecule has 0 spiro atoms. The van der Waals surface area contributed by atoms with E-state index in [2.05, 4.69) is 0 Å². The van der Waals surface area contributed by atoms with Gasteiger partial charge in [-0.2, -0.15) is 0 Å². The molecule has 0 unspecified atom stereocenters. The molecule has 1 aromatic rings. The quantitative estimate of drug-likeness (QED) is 0.850. The highest BCUT2D eigenvalue weighted by molar-refractivity contribution is 5.86. The lowest BCUT2D eigenvalue weighted by Gasteiger charge is -2.21. The second-order valence-electron chi connectivity index (χ2n) is 4.76. The second-order valence-corrected chi connectivity index (χ2v) is 4.76. The maximum atomic E-state index is 13.0. The van der Waals surface area contributed by atoms with Gasteiger partial charge in [0.25, 0.3) is 0 Å². The molecule has 0 amide bonds. The van der Waals surface area contributed by atoms with Crippen LogP contribution in [-0.4, -0.2) is 12.3 Å². The Morgan fingerprint density at radius 3 is 2.62 bits per heavy atom. The van der Waals surface area contributed by atoms with Gasteiger partial charge in [-0.1, -0.05) is 19.9 Å². The fraction of sp³-hybridized carbons (Fsp3) is 0.462. The third-order valence-corrected chi connectivity index (χ3v) is 2.93. The average molecular weight is 223 g/mol. The van der Waals surface area contributed by atoms with Gasteiger partial charge in [0, 0.05) is 18.4 Å². The van der Waals surface area contributed by atoms with E-state index in [1.807, 2.05) is 20.8 Å². The van der Waals surface area contributed by atoms with Crippen molar-refractivity contribution in [3.8, 4) is 0 Å². The molecule has 0 aliphatic rings. The monoisotopic (exact) mass is 223 g/mol. The zero-order valence-electron chi connectivity index (χ0n) is 10.0. The van der Waals surface area contributed by atoms with Crippen LogP contribution in [0, 0.1) is 18.2 Å². The van der Waals surface area contributed by atoms with Crippen LogP contribution >= 0.6 is 0 Å². The number of hydrogen-bond donors (Lipinski definition) is 1. The number of aryl methyl sites for hydroxylation is 1. The minimum Gasteiger partial charge on any atom is -0.329 e. The molecule has 1 aromatic carbocycles. The predicted octanol–water partition coefficient (Wildman–Crippen LogP) is 2.23. The van der Waals surface area contributed by atoms with Crippen molar-refractivity contribution in [2.75, 3.05) is 6.54 Å². The summed E-state index contributed by atoms with van der Waals surface area (Å²) in [5, 5.41) is 0. The summed E-state index contributed by atoms with van der Waals surface area (Å²) in [4.78, 5) is 11.9. The SMILES string of the molecule is Cc1ccc(F)cc1CC(=O)C(C)(C)CN. The molecule has 3 heteroatoms. The van der Waals surface area contributed by atoms with Crippen LogP contribution in [0.25, 0.3) is 0 Å². The maximum Gasteiger partial charge on any atom is 0.144 e. The first-order valence-electron chi connectivity index (χ1n) is 5.35. The Morgan fingerprint density at radius 1 is 1.44 bits per heavy atom. The fourth-order valence-electron chi connectivity index (χ4n) is 1.36. The zero-order valence-corrected chi connectivity index (χ0v) is 10.0. The normalized spacial score (nSPS) is 11.6. The van der Waals surface area contributed by atoms with Crippen molar-refractivity contribution >= 4 is 5.78 Å². The average Bonchev–Trinajstić information content (AvgIpc) is 2.23. The molecule has 0 aromatic heterocycles. The van der Waals surface area contributed by atoms with Gasteiger partial charge in [-0.15, -0.1) is 0 Å². The number of ketones is 1. The number of carbonyl (C=O) groups excluding carboxylic acids is 1. The van der Waals surface area contributed by atoms with Gasteiger partial charge in [0.15, 0.2) is 0 Å². The smallest absolute Gasteiger partial charge is 0.144 e. The van der Waals surface area contributed by atoms with E-state index in [1.165, 1.54) is 12.1 Å². The van der Waals surface area contributed by atoms with Crippen LogP contribution in [0.5, 0.6) is 0 Å². The molecule has 0 heterocycles. The Kier molecular flexibility index (Phi) is 3.81. The van der Waals surface area contributed by atoms with Gasteiger partial charge in [0.05, 0.1) is 0 Å². The van der Waals surface area contributed by atoms with Crippen molar-refractivity contribution < 1.29 is 9.18 Å². The summed E-state index contributed by atoms with van der Waals surface area (Å²) in [6, 6.07) is 4.50. The molecule has 88 valence electrons. The highest BCUT2D eigenvalue weighted by atomic mass is 19.1. The van der Waals surface area contributed by atoms with Gasteiger partial charge in [0.2, 0.25) is 0 Å². The molecule has 2 nitrogen and oxygen atoms in total. The van der Waals surface area contributed by atoms with Crippen LogP contribution in [0.1, 0.15) is 25.0 Å². The highest BCUT2D eigenvalue weighted by Gasteiger charge is 2.25. The number of benzene rings is 1. The van der Waals surface area contributed by atoms with Crippen LogP contribution in [0.2, 0.25) is 0 Å². The van der Waals surface area contributed by atoms with Gasteiger partial charge in [-0.3, -0.25) is 4.79 Å². The fourth-order valence-corrected chi connectivity index (χ4v) is 1.36. The molecule has 0 radical (unpaired) electrons. The Labute approximate surface area is 95.7 Å². The van der Waals surface area contributed by atoms with Crippen molar-refractivity contribution in [2.24, 2.45) is 11.1 Å².